The van der Waals surface area contributed by atoms with E-state index < -0.39 is 11.9 Å². The summed E-state index contributed by atoms with van der Waals surface area (Å²) in [5.74, 6) is -1.60. The second kappa shape index (κ2) is 8.28. The molecule has 0 unspecified atom stereocenters. The molecule has 144 valence electrons. The zero-order valence-corrected chi connectivity index (χ0v) is 16.0. The lowest BCUT2D eigenvalue weighted by molar-refractivity contribution is -0.112. The summed E-state index contributed by atoms with van der Waals surface area (Å²) in [6.45, 7) is 3.90. The molecule has 1 aromatic heterocycles. The van der Waals surface area contributed by atoms with Crippen molar-refractivity contribution in [2.24, 2.45) is 0 Å². The van der Waals surface area contributed by atoms with Crippen LogP contribution in [0.4, 0.5) is 5.69 Å². The molecule has 0 spiro atoms. The van der Waals surface area contributed by atoms with Gasteiger partial charge in [0, 0.05) is 22.8 Å². The number of aromatic carboxylic acids is 1. The topological polar surface area (TPSA) is 95.1 Å². The van der Waals surface area contributed by atoms with Gasteiger partial charge in [0.15, 0.2) is 0 Å². The van der Waals surface area contributed by atoms with Crippen LogP contribution in [0.15, 0.2) is 66.2 Å². The van der Waals surface area contributed by atoms with Crippen LogP contribution in [0.25, 0.3) is 11.8 Å². The number of carboxylic acid groups (broad SMARTS) is 1. The van der Waals surface area contributed by atoms with Gasteiger partial charge in [0.1, 0.15) is 11.6 Å². The standard InChI is InChI=1S/C23H19N3O3/c1-15-12-18(16(2)26(15)21-6-4-3-5-7-21)13-19(14-24)22(27)25-20-10-8-17(9-11-20)23(28)29/h3-13H,1-2H3,(H,25,27)(H,28,29)/b19-13+. The first-order valence-electron chi connectivity index (χ1n) is 8.91. The van der Waals surface area contributed by atoms with Crippen molar-refractivity contribution >= 4 is 23.6 Å². The van der Waals surface area contributed by atoms with E-state index in [4.69, 9.17) is 5.11 Å². The molecule has 6 heteroatoms. The number of benzene rings is 2. The summed E-state index contributed by atoms with van der Waals surface area (Å²) < 4.78 is 2.06. The molecule has 6 nitrogen and oxygen atoms in total. The third kappa shape index (κ3) is 4.25. The Hall–Kier alpha value is -4.11. The summed E-state index contributed by atoms with van der Waals surface area (Å²) in [7, 11) is 0. The Balaban J connectivity index is 1.87. The van der Waals surface area contributed by atoms with Gasteiger partial charge in [-0.3, -0.25) is 4.79 Å². The first-order valence-corrected chi connectivity index (χ1v) is 8.91. The summed E-state index contributed by atoms with van der Waals surface area (Å²) in [5.41, 5.74) is 4.17. The van der Waals surface area contributed by atoms with Crippen LogP contribution in [0.3, 0.4) is 0 Å². The van der Waals surface area contributed by atoms with Crippen LogP contribution in [0.1, 0.15) is 27.3 Å². The molecule has 0 aliphatic rings. The fourth-order valence-electron chi connectivity index (χ4n) is 3.11. The fourth-order valence-corrected chi connectivity index (χ4v) is 3.11. The van der Waals surface area contributed by atoms with Gasteiger partial charge in [-0.15, -0.1) is 0 Å². The number of carbonyl (C=O) groups excluding carboxylic acids is 1. The average Bonchev–Trinajstić information content (AvgIpc) is 3.00. The van der Waals surface area contributed by atoms with E-state index in [1.807, 2.05) is 56.3 Å². The molecular weight excluding hydrogens is 366 g/mol. The van der Waals surface area contributed by atoms with E-state index in [1.54, 1.807) is 6.08 Å². The van der Waals surface area contributed by atoms with Gasteiger partial charge < -0.3 is 15.0 Å². The maximum atomic E-state index is 12.5. The number of nitrogens with zero attached hydrogens (tertiary/aromatic N) is 2. The number of para-hydroxylation sites is 1. The molecule has 3 aromatic rings. The fraction of sp³-hybridized carbons (Fsp3) is 0.0870. The normalized spacial score (nSPS) is 11.0. The Morgan fingerprint density at radius 2 is 1.72 bits per heavy atom. The minimum absolute atomic E-state index is 0.0411. The number of rotatable bonds is 5. The molecule has 3 rings (SSSR count). The monoisotopic (exact) mass is 385 g/mol. The molecule has 29 heavy (non-hydrogen) atoms. The number of nitrogens with one attached hydrogen (secondary N) is 1. The first kappa shape index (κ1) is 19.6. The van der Waals surface area contributed by atoms with Gasteiger partial charge in [-0.25, -0.2) is 4.79 Å². The highest BCUT2D eigenvalue weighted by Crippen LogP contribution is 2.23. The molecule has 0 saturated heterocycles. The smallest absolute Gasteiger partial charge is 0.335 e. The van der Waals surface area contributed by atoms with Crippen LogP contribution in [0.2, 0.25) is 0 Å². The largest absolute Gasteiger partial charge is 0.478 e. The number of carbonyl (C=O) groups is 2. The Kier molecular flexibility index (Phi) is 5.61. The van der Waals surface area contributed by atoms with Crippen molar-refractivity contribution in [3.05, 3.63) is 88.8 Å². The van der Waals surface area contributed by atoms with Gasteiger partial charge in [-0.1, -0.05) is 18.2 Å². The van der Waals surface area contributed by atoms with Crippen LogP contribution in [0.5, 0.6) is 0 Å². The predicted molar refractivity (Wildman–Crippen MR) is 111 cm³/mol. The highest BCUT2D eigenvalue weighted by atomic mass is 16.4. The zero-order chi connectivity index (χ0) is 21.0. The Morgan fingerprint density at radius 1 is 1.07 bits per heavy atom. The van der Waals surface area contributed by atoms with E-state index in [9.17, 15) is 14.9 Å². The first-order chi connectivity index (χ1) is 13.9. The average molecular weight is 385 g/mol. The molecule has 2 aromatic carbocycles. The van der Waals surface area contributed by atoms with Crippen molar-refractivity contribution in [2.45, 2.75) is 13.8 Å². The Bertz CT molecular complexity index is 1130. The lowest BCUT2D eigenvalue weighted by Gasteiger charge is -2.09. The maximum absolute atomic E-state index is 12.5. The van der Waals surface area contributed by atoms with E-state index in [1.165, 1.54) is 24.3 Å². The molecule has 0 atom stereocenters. The summed E-state index contributed by atoms with van der Waals surface area (Å²) in [4.78, 5) is 23.4. The number of aromatic nitrogens is 1. The highest BCUT2D eigenvalue weighted by molar-refractivity contribution is 6.09. The van der Waals surface area contributed by atoms with E-state index in [0.29, 0.717) is 5.69 Å². The van der Waals surface area contributed by atoms with Gasteiger partial charge in [0.25, 0.3) is 5.91 Å². The van der Waals surface area contributed by atoms with Crippen molar-refractivity contribution in [3.8, 4) is 11.8 Å². The van der Waals surface area contributed by atoms with E-state index in [2.05, 4.69) is 9.88 Å². The van der Waals surface area contributed by atoms with Crippen molar-refractivity contribution in [2.75, 3.05) is 5.32 Å². The van der Waals surface area contributed by atoms with Crippen LogP contribution in [0, 0.1) is 25.2 Å². The molecule has 0 radical (unpaired) electrons. The SMILES string of the molecule is Cc1cc(/C=C(\C#N)C(=O)Nc2ccc(C(=O)O)cc2)c(C)n1-c1ccccc1. The third-order valence-corrected chi connectivity index (χ3v) is 4.54. The van der Waals surface area contributed by atoms with Crippen LogP contribution < -0.4 is 5.32 Å². The number of hydrogen-bond donors (Lipinski definition) is 2. The lowest BCUT2D eigenvalue weighted by atomic mass is 10.1. The van der Waals surface area contributed by atoms with E-state index in [0.717, 1.165) is 22.6 Å². The number of anilines is 1. The van der Waals surface area contributed by atoms with Crippen LogP contribution >= 0.6 is 0 Å². The summed E-state index contributed by atoms with van der Waals surface area (Å²) >= 11 is 0. The molecule has 1 heterocycles. The summed E-state index contributed by atoms with van der Waals surface area (Å²) in [6, 6.07) is 19.4. The van der Waals surface area contributed by atoms with Gasteiger partial charge in [0.2, 0.25) is 0 Å². The molecule has 0 saturated carbocycles. The second-order valence-corrected chi connectivity index (χ2v) is 6.50. The number of nitriles is 1. The van der Waals surface area contributed by atoms with Crippen LogP contribution in [-0.2, 0) is 4.79 Å². The molecule has 2 N–H and O–H groups in total. The van der Waals surface area contributed by atoms with Gasteiger partial charge in [-0.2, -0.15) is 5.26 Å². The zero-order valence-electron chi connectivity index (χ0n) is 16.0. The van der Waals surface area contributed by atoms with E-state index >= 15 is 0 Å². The van der Waals surface area contributed by atoms with Gasteiger partial charge in [-0.05, 0) is 68.0 Å². The quantitative estimate of drug-likeness (QED) is 0.504. The Labute approximate surface area is 168 Å². The molecule has 0 fully saturated rings. The number of carboxylic acids is 1. The third-order valence-electron chi connectivity index (χ3n) is 4.54. The van der Waals surface area contributed by atoms with Crippen molar-refractivity contribution in [1.29, 1.82) is 5.26 Å². The number of aryl methyl sites for hydroxylation is 1. The Morgan fingerprint density at radius 3 is 2.31 bits per heavy atom. The highest BCUT2D eigenvalue weighted by Gasteiger charge is 2.14. The second-order valence-electron chi connectivity index (χ2n) is 6.50. The van der Waals surface area contributed by atoms with Gasteiger partial charge >= 0.3 is 5.97 Å². The molecular formula is C23H19N3O3. The molecule has 0 aliphatic heterocycles. The van der Waals surface area contributed by atoms with Crippen molar-refractivity contribution in [3.63, 3.8) is 0 Å². The molecule has 0 bridgehead atoms. The maximum Gasteiger partial charge on any atom is 0.335 e. The predicted octanol–water partition coefficient (Wildman–Crippen LogP) is 4.34. The van der Waals surface area contributed by atoms with Crippen molar-refractivity contribution < 1.29 is 14.7 Å². The number of amides is 1. The minimum Gasteiger partial charge on any atom is -0.478 e. The van der Waals surface area contributed by atoms with Gasteiger partial charge in [0.05, 0.1) is 5.56 Å². The summed E-state index contributed by atoms with van der Waals surface area (Å²) in [5, 5.41) is 21.0. The van der Waals surface area contributed by atoms with Crippen LogP contribution in [-0.4, -0.2) is 21.6 Å². The molecule has 0 aliphatic carbocycles. The molecule has 1 amide bonds. The lowest BCUT2D eigenvalue weighted by Crippen LogP contribution is -2.13. The van der Waals surface area contributed by atoms with Crippen molar-refractivity contribution in [1.82, 2.24) is 4.57 Å². The van der Waals surface area contributed by atoms with E-state index in [-0.39, 0.29) is 11.1 Å². The minimum atomic E-state index is -1.05. The summed E-state index contributed by atoms with van der Waals surface area (Å²) in [6.07, 6.45) is 1.56. The number of hydrogen-bond acceptors (Lipinski definition) is 3.